The first-order valence-electron chi connectivity index (χ1n) is 10.4. The van der Waals surface area contributed by atoms with E-state index in [2.05, 4.69) is 38.6 Å². The van der Waals surface area contributed by atoms with Crippen LogP contribution in [0.2, 0.25) is 0 Å². The Morgan fingerprint density at radius 3 is 2.55 bits per heavy atom. The minimum absolute atomic E-state index is 0.112. The molecular weight excluding hydrogens is 520 g/mol. The van der Waals surface area contributed by atoms with Crippen molar-refractivity contribution < 1.29 is 14.3 Å². The summed E-state index contributed by atoms with van der Waals surface area (Å²) in [6.07, 6.45) is 1.56. The summed E-state index contributed by atoms with van der Waals surface area (Å²) in [4.78, 5) is 12.1. The van der Waals surface area contributed by atoms with E-state index in [1.807, 2.05) is 84.2 Å². The van der Waals surface area contributed by atoms with Gasteiger partial charge in [-0.2, -0.15) is 5.10 Å². The molecule has 0 aromatic heterocycles. The van der Waals surface area contributed by atoms with Crippen LogP contribution < -0.4 is 14.9 Å². The van der Waals surface area contributed by atoms with E-state index >= 15 is 0 Å². The van der Waals surface area contributed by atoms with Gasteiger partial charge in [0.25, 0.3) is 5.91 Å². The van der Waals surface area contributed by atoms with Crippen LogP contribution in [0, 0.1) is 0 Å². The molecule has 1 aliphatic rings. The first kappa shape index (κ1) is 23.7. The van der Waals surface area contributed by atoms with E-state index in [9.17, 15) is 4.79 Å². The van der Waals surface area contributed by atoms with Gasteiger partial charge >= 0.3 is 0 Å². The van der Waals surface area contributed by atoms with Gasteiger partial charge in [-0.15, -0.1) is 23.5 Å². The van der Waals surface area contributed by atoms with E-state index in [0.29, 0.717) is 22.7 Å². The second kappa shape index (κ2) is 12.2. The lowest BCUT2D eigenvalue weighted by molar-refractivity contribution is -0.123. The fourth-order valence-corrected chi connectivity index (χ4v) is 6.35. The summed E-state index contributed by atoms with van der Waals surface area (Å²) in [5, 5.41) is 4.07. The Morgan fingerprint density at radius 1 is 1.03 bits per heavy atom. The molecule has 0 saturated carbocycles. The van der Waals surface area contributed by atoms with Crippen LogP contribution in [0.3, 0.4) is 0 Å². The molecule has 0 spiro atoms. The van der Waals surface area contributed by atoms with E-state index in [4.69, 9.17) is 9.47 Å². The van der Waals surface area contributed by atoms with Gasteiger partial charge in [0.1, 0.15) is 18.1 Å². The maximum atomic E-state index is 12.1. The van der Waals surface area contributed by atoms with E-state index in [1.165, 1.54) is 17.1 Å². The molecule has 170 valence electrons. The Morgan fingerprint density at radius 2 is 1.79 bits per heavy atom. The normalized spacial score (nSPS) is 13.8. The summed E-state index contributed by atoms with van der Waals surface area (Å²) in [6, 6.07) is 23.5. The van der Waals surface area contributed by atoms with Crippen molar-refractivity contribution in [3.63, 3.8) is 0 Å². The first-order valence-corrected chi connectivity index (χ1v) is 13.3. The third-order valence-electron chi connectivity index (χ3n) is 4.75. The minimum atomic E-state index is -0.334. The van der Waals surface area contributed by atoms with Gasteiger partial charge in [-0.1, -0.05) is 58.4 Å². The number of carbonyl (C=O) groups excluding carboxylic acids is 1. The highest BCUT2D eigenvalue weighted by Crippen LogP contribution is 2.45. The molecule has 1 amide bonds. The second-order valence-corrected chi connectivity index (χ2v) is 10.8. The zero-order chi connectivity index (χ0) is 22.9. The number of amides is 1. The molecule has 1 saturated heterocycles. The highest BCUT2D eigenvalue weighted by atomic mass is 79.9. The minimum Gasteiger partial charge on any atom is -0.488 e. The molecule has 4 rings (SSSR count). The largest absolute Gasteiger partial charge is 0.488 e. The van der Waals surface area contributed by atoms with Gasteiger partial charge in [-0.05, 0) is 41.5 Å². The number of nitrogens with zero attached hydrogens (tertiary/aromatic N) is 1. The Hall–Kier alpha value is -2.42. The number of hydrogen-bond acceptors (Lipinski definition) is 6. The quantitative estimate of drug-likeness (QED) is 0.264. The van der Waals surface area contributed by atoms with Crippen LogP contribution in [0.25, 0.3) is 0 Å². The fourth-order valence-electron chi connectivity index (χ4n) is 3.11. The van der Waals surface area contributed by atoms with Gasteiger partial charge in [0, 0.05) is 21.5 Å². The van der Waals surface area contributed by atoms with E-state index < -0.39 is 0 Å². The van der Waals surface area contributed by atoms with E-state index in [-0.39, 0.29) is 12.5 Å². The third-order valence-corrected chi connectivity index (χ3v) is 8.34. The van der Waals surface area contributed by atoms with Crippen LogP contribution in [-0.4, -0.2) is 30.2 Å². The highest BCUT2D eigenvalue weighted by molar-refractivity contribution is 9.10. The number of benzene rings is 3. The number of nitrogens with one attached hydrogen (secondary N) is 1. The second-order valence-electron chi connectivity index (χ2n) is 7.18. The van der Waals surface area contributed by atoms with Gasteiger partial charge in [0.15, 0.2) is 6.61 Å². The molecule has 0 aliphatic carbocycles. The fraction of sp³-hybridized carbons (Fsp3) is 0.200. The lowest BCUT2D eigenvalue weighted by Gasteiger charge is -2.10. The predicted octanol–water partition coefficient (Wildman–Crippen LogP) is 6.04. The number of thioether (sulfide) groups is 2. The smallest absolute Gasteiger partial charge is 0.277 e. The highest BCUT2D eigenvalue weighted by Gasteiger charge is 2.18. The summed E-state index contributed by atoms with van der Waals surface area (Å²) in [5.74, 6) is 3.38. The molecule has 3 aromatic carbocycles. The lowest BCUT2D eigenvalue weighted by atomic mass is 10.2. The molecule has 1 fully saturated rings. The summed E-state index contributed by atoms with van der Waals surface area (Å²) >= 11 is 7.38. The molecule has 8 heteroatoms. The van der Waals surface area contributed by atoms with Gasteiger partial charge < -0.3 is 9.47 Å². The van der Waals surface area contributed by atoms with Gasteiger partial charge in [-0.25, -0.2) is 5.43 Å². The van der Waals surface area contributed by atoms with E-state index in [0.717, 1.165) is 15.6 Å². The average Bonchev–Trinajstić information content (AvgIpc) is 3.38. The number of ether oxygens (including phenoxy) is 2. The standard InChI is InChI=1S/C25H23BrN2O3S2/c26-21-8-11-23(31-16-18-4-2-1-3-5-18)20(14-21)15-27-28-24(29)17-30-22-9-6-19(7-10-22)25-32-12-13-33-25/h1-11,14-15,25H,12-13,16-17H2,(H,28,29)/b27-15-. The number of rotatable bonds is 9. The van der Waals surface area contributed by atoms with Crippen molar-refractivity contribution in [2.75, 3.05) is 18.1 Å². The van der Waals surface area contributed by atoms with Crippen LogP contribution >= 0.6 is 39.5 Å². The van der Waals surface area contributed by atoms with Crippen molar-refractivity contribution in [2.24, 2.45) is 5.10 Å². The number of hydrazone groups is 1. The van der Waals surface area contributed by atoms with Crippen LogP contribution in [-0.2, 0) is 11.4 Å². The predicted molar refractivity (Wildman–Crippen MR) is 140 cm³/mol. The van der Waals surface area contributed by atoms with Crippen LogP contribution in [0.5, 0.6) is 11.5 Å². The molecule has 0 unspecified atom stereocenters. The van der Waals surface area contributed by atoms with Gasteiger partial charge in [0.2, 0.25) is 0 Å². The van der Waals surface area contributed by atoms with Crippen molar-refractivity contribution in [2.45, 2.75) is 11.2 Å². The van der Waals surface area contributed by atoms with E-state index in [1.54, 1.807) is 6.21 Å². The Labute approximate surface area is 210 Å². The van der Waals surface area contributed by atoms with Crippen LogP contribution in [0.4, 0.5) is 0 Å². The van der Waals surface area contributed by atoms with Crippen molar-refractivity contribution >= 4 is 51.6 Å². The third kappa shape index (κ3) is 7.28. The molecule has 1 N–H and O–H groups in total. The maximum Gasteiger partial charge on any atom is 0.277 e. The Kier molecular flexibility index (Phi) is 8.74. The molecule has 1 aliphatic heterocycles. The monoisotopic (exact) mass is 542 g/mol. The summed E-state index contributed by atoms with van der Waals surface area (Å²) in [6.45, 7) is 0.333. The maximum absolute atomic E-state index is 12.1. The van der Waals surface area contributed by atoms with Crippen molar-refractivity contribution in [3.05, 3.63) is 94.0 Å². The average molecular weight is 544 g/mol. The van der Waals surface area contributed by atoms with Crippen LogP contribution in [0.1, 0.15) is 21.3 Å². The first-order chi connectivity index (χ1) is 16.2. The number of halogens is 1. The topological polar surface area (TPSA) is 59.9 Å². The molecule has 0 radical (unpaired) electrons. The molecular formula is C25H23BrN2O3S2. The van der Waals surface area contributed by atoms with Crippen molar-refractivity contribution in [3.8, 4) is 11.5 Å². The molecule has 0 bridgehead atoms. The van der Waals surface area contributed by atoms with Crippen LogP contribution in [0.15, 0.2) is 82.4 Å². The SMILES string of the molecule is O=C(COc1ccc(C2SCCS2)cc1)N/N=C\c1cc(Br)ccc1OCc1ccccc1. The molecule has 3 aromatic rings. The lowest BCUT2D eigenvalue weighted by Crippen LogP contribution is -2.24. The van der Waals surface area contributed by atoms with Crippen molar-refractivity contribution in [1.82, 2.24) is 5.43 Å². The number of hydrogen-bond donors (Lipinski definition) is 1. The molecule has 5 nitrogen and oxygen atoms in total. The molecule has 0 atom stereocenters. The summed E-state index contributed by atoms with van der Waals surface area (Å²) < 4.78 is 12.9. The Bertz CT molecular complexity index is 1090. The van der Waals surface area contributed by atoms with Gasteiger partial charge in [-0.3, -0.25) is 4.79 Å². The summed E-state index contributed by atoms with van der Waals surface area (Å²) in [7, 11) is 0. The zero-order valence-corrected chi connectivity index (χ0v) is 21.0. The Balaban J connectivity index is 1.27. The van der Waals surface area contributed by atoms with Gasteiger partial charge in [0.05, 0.1) is 10.8 Å². The number of carbonyl (C=O) groups is 1. The molecule has 33 heavy (non-hydrogen) atoms. The zero-order valence-electron chi connectivity index (χ0n) is 17.8. The summed E-state index contributed by atoms with van der Waals surface area (Å²) in [5.41, 5.74) is 5.61. The molecule has 1 heterocycles. The van der Waals surface area contributed by atoms with Crippen molar-refractivity contribution in [1.29, 1.82) is 0 Å².